The molecule has 1 fully saturated rings. The first-order valence-corrected chi connectivity index (χ1v) is 5.94. The van der Waals surface area contributed by atoms with E-state index in [4.69, 9.17) is 0 Å². The van der Waals surface area contributed by atoms with Crippen molar-refractivity contribution in [1.29, 1.82) is 0 Å². The van der Waals surface area contributed by atoms with Crippen LogP contribution in [0, 0.1) is 0 Å². The third-order valence-corrected chi connectivity index (χ3v) is 3.03. The maximum Gasteiger partial charge on any atom is 0.382 e. The molecular formula is C9H12Cl2F4O3. The molecule has 0 radical (unpaired) electrons. The summed E-state index contributed by atoms with van der Waals surface area (Å²) in [5, 5.41) is 0.446. The van der Waals surface area contributed by atoms with E-state index in [-0.39, 0.29) is 6.42 Å². The molecule has 9 heteroatoms. The maximum atomic E-state index is 13.1. The third-order valence-electron chi connectivity index (χ3n) is 2.53. The maximum absolute atomic E-state index is 13.1. The number of halogens is 6. The first kappa shape index (κ1) is 16.2. The van der Waals surface area contributed by atoms with Crippen LogP contribution in [0.3, 0.4) is 0 Å². The van der Waals surface area contributed by atoms with E-state index in [1.165, 1.54) is 0 Å². The zero-order valence-corrected chi connectivity index (χ0v) is 10.8. The van der Waals surface area contributed by atoms with Crippen LogP contribution in [-0.2, 0) is 9.47 Å². The average molecular weight is 315 g/mol. The number of alkyl halides is 6. The Hall–Kier alpha value is 0.180. The zero-order chi connectivity index (χ0) is 14.2. The molecule has 0 spiro atoms. The Morgan fingerprint density at radius 1 is 1.33 bits per heavy atom. The van der Waals surface area contributed by atoms with Crippen LogP contribution in [0.15, 0.2) is 0 Å². The summed E-state index contributed by atoms with van der Waals surface area (Å²) < 4.78 is 61.0. The van der Waals surface area contributed by atoms with Gasteiger partial charge in [-0.05, 0) is 29.6 Å². The van der Waals surface area contributed by atoms with Crippen LogP contribution < -0.4 is 0 Å². The van der Waals surface area contributed by atoms with Gasteiger partial charge in [-0.3, -0.25) is 0 Å². The molecule has 18 heavy (non-hydrogen) atoms. The van der Waals surface area contributed by atoms with Crippen LogP contribution in [0.25, 0.3) is 0 Å². The summed E-state index contributed by atoms with van der Waals surface area (Å²) >= 11 is 9.20. The molecule has 1 aliphatic heterocycles. The lowest BCUT2D eigenvalue weighted by atomic mass is 10.1. The van der Waals surface area contributed by atoms with Gasteiger partial charge in [0.2, 0.25) is 0 Å². The second kappa shape index (κ2) is 5.28. The minimum atomic E-state index is -4.54. The molecule has 1 heterocycles. The Kier molecular flexibility index (Phi) is 4.76. The predicted molar refractivity (Wildman–Crippen MR) is 56.1 cm³/mol. The molecule has 0 saturated carbocycles. The normalized spacial score (nSPS) is 26.3. The van der Waals surface area contributed by atoms with E-state index < -0.39 is 35.4 Å². The van der Waals surface area contributed by atoms with E-state index in [2.05, 4.69) is 32.7 Å². The molecule has 0 aliphatic carbocycles. The Morgan fingerprint density at radius 3 is 2.17 bits per heavy atom. The number of hydrogen-bond donors (Lipinski definition) is 1. The monoisotopic (exact) mass is 314 g/mol. The first-order chi connectivity index (χ1) is 8.05. The van der Waals surface area contributed by atoms with Crippen LogP contribution in [0.2, 0.25) is 0 Å². The molecule has 108 valence electrons. The number of aliphatic hydroxyl groups excluding tert-OH is 1. The van der Waals surface area contributed by atoms with Gasteiger partial charge in [0.1, 0.15) is 6.10 Å². The second-order valence-electron chi connectivity index (χ2n) is 3.94. The number of ether oxygens (including phenoxy) is 2. The fourth-order valence-electron chi connectivity index (χ4n) is 1.61. The van der Waals surface area contributed by atoms with Gasteiger partial charge in [-0.25, -0.2) is 0 Å². The van der Waals surface area contributed by atoms with Crippen LogP contribution in [0.5, 0.6) is 0 Å². The van der Waals surface area contributed by atoms with Crippen molar-refractivity contribution in [2.24, 2.45) is 0 Å². The minimum absolute atomic E-state index is 0.186. The van der Waals surface area contributed by atoms with E-state index in [0.717, 1.165) is 0 Å². The molecular weight excluding hydrogens is 303 g/mol. The summed E-state index contributed by atoms with van der Waals surface area (Å²) in [6.45, 7) is 1.07. The highest BCUT2D eigenvalue weighted by molar-refractivity contribution is 6.26. The highest BCUT2D eigenvalue weighted by Crippen LogP contribution is 2.52. The fourth-order valence-corrected chi connectivity index (χ4v) is 2.09. The molecule has 0 aromatic heterocycles. The van der Waals surface area contributed by atoms with Gasteiger partial charge in [-0.15, -0.1) is 0 Å². The van der Waals surface area contributed by atoms with Crippen LogP contribution in [-0.4, -0.2) is 40.5 Å². The molecule has 3 nitrogen and oxygen atoms in total. The summed E-state index contributed by atoms with van der Waals surface area (Å²) in [4.78, 5) is 0. The van der Waals surface area contributed by atoms with Crippen molar-refractivity contribution in [2.45, 2.75) is 48.5 Å². The third kappa shape index (κ3) is 2.85. The summed E-state index contributed by atoms with van der Waals surface area (Å²) in [7, 11) is 0. The summed E-state index contributed by atoms with van der Waals surface area (Å²) in [5.41, 5.74) is 0. The number of aliphatic hydroxyl groups is 1. The summed E-state index contributed by atoms with van der Waals surface area (Å²) in [6.07, 6.45) is -1.84. The van der Waals surface area contributed by atoms with Crippen molar-refractivity contribution in [3.63, 3.8) is 0 Å². The molecule has 2 atom stereocenters. The van der Waals surface area contributed by atoms with E-state index in [1.807, 2.05) is 0 Å². The topological polar surface area (TPSA) is 38.7 Å². The van der Waals surface area contributed by atoms with Crippen LogP contribution in [0.4, 0.5) is 17.6 Å². The molecule has 1 rings (SSSR count). The van der Waals surface area contributed by atoms with E-state index in [1.54, 1.807) is 6.92 Å². The highest BCUT2D eigenvalue weighted by Gasteiger charge is 2.74. The van der Waals surface area contributed by atoms with Gasteiger partial charge >= 0.3 is 16.6 Å². The molecule has 0 aromatic rings. The van der Waals surface area contributed by atoms with Crippen molar-refractivity contribution < 1.29 is 32.1 Å². The van der Waals surface area contributed by atoms with Gasteiger partial charge in [-0.2, -0.15) is 17.6 Å². The first-order valence-electron chi connectivity index (χ1n) is 5.18. The molecule has 1 saturated heterocycles. The summed E-state index contributed by atoms with van der Waals surface area (Å²) in [6, 6.07) is 0. The van der Waals surface area contributed by atoms with E-state index in [9.17, 15) is 22.7 Å². The summed E-state index contributed by atoms with van der Waals surface area (Å²) in [5.74, 6) is -3.78. The number of rotatable bonds is 5. The van der Waals surface area contributed by atoms with Gasteiger partial charge in [0.05, 0.1) is 12.7 Å². The standard InChI is InChI=1S/C9H12Cl2F4O3/c1-2-3-5(16)6-4-17-7(18-6,8(10,12)13)9(11,14)15/h5-6,16H,2-4H2,1H3. The second-order valence-corrected chi connectivity index (χ2v) is 4.88. The molecule has 0 bridgehead atoms. The lowest BCUT2D eigenvalue weighted by Gasteiger charge is -2.34. The minimum Gasteiger partial charge on any atom is -0.390 e. The SMILES string of the molecule is CCCC(O)C1COC(C(F)(F)Cl)(C(F)(F)Cl)O1. The van der Waals surface area contributed by atoms with Gasteiger partial charge < -0.3 is 14.6 Å². The molecule has 1 N–H and O–H groups in total. The largest absolute Gasteiger partial charge is 0.390 e. The van der Waals surface area contributed by atoms with Gasteiger partial charge in [0.25, 0.3) is 0 Å². The van der Waals surface area contributed by atoms with Crippen LogP contribution in [0.1, 0.15) is 19.8 Å². The zero-order valence-electron chi connectivity index (χ0n) is 9.31. The van der Waals surface area contributed by atoms with E-state index >= 15 is 0 Å². The van der Waals surface area contributed by atoms with Crippen molar-refractivity contribution in [2.75, 3.05) is 6.61 Å². The fraction of sp³-hybridized carbons (Fsp3) is 1.00. The smallest absolute Gasteiger partial charge is 0.382 e. The van der Waals surface area contributed by atoms with E-state index in [0.29, 0.717) is 6.42 Å². The van der Waals surface area contributed by atoms with Gasteiger partial charge in [0.15, 0.2) is 0 Å². The molecule has 2 unspecified atom stereocenters. The Balaban J connectivity index is 2.93. The van der Waals surface area contributed by atoms with Crippen LogP contribution >= 0.6 is 23.2 Å². The van der Waals surface area contributed by atoms with Gasteiger partial charge in [-0.1, -0.05) is 13.3 Å². The number of hydrogen-bond acceptors (Lipinski definition) is 3. The Bertz CT molecular complexity index is 279. The molecule has 0 amide bonds. The highest BCUT2D eigenvalue weighted by atomic mass is 35.5. The van der Waals surface area contributed by atoms with Crippen molar-refractivity contribution in [1.82, 2.24) is 0 Å². The Labute approximate surface area is 111 Å². The van der Waals surface area contributed by atoms with Crippen molar-refractivity contribution >= 4 is 23.2 Å². The lowest BCUT2D eigenvalue weighted by Crippen LogP contribution is -2.57. The average Bonchev–Trinajstić information content (AvgIpc) is 2.61. The quantitative estimate of drug-likeness (QED) is 0.626. The predicted octanol–water partition coefficient (Wildman–Crippen LogP) is 2.92. The lowest BCUT2D eigenvalue weighted by molar-refractivity contribution is -0.331. The van der Waals surface area contributed by atoms with Crippen molar-refractivity contribution in [3.8, 4) is 0 Å². The Morgan fingerprint density at radius 2 is 1.83 bits per heavy atom. The van der Waals surface area contributed by atoms with Gasteiger partial charge in [0, 0.05) is 0 Å². The van der Waals surface area contributed by atoms with Crippen molar-refractivity contribution in [3.05, 3.63) is 0 Å². The molecule has 0 aromatic carbocycles. The molecule has 1 aliphatic rings.